The van der Waals surface area contributed by atoms with E-state index in [1.165, 1.54) is 4.88 Å². The Morgan fingerprint density at radius 2 is 2.10 bits per heavy atom. The fraction of sp³-hybridized carbons (Fsp3) is 0.625. The standard InChI is InChI=1S/C16H23NO3S/c18-14(17-16(9-5-10-16)12-15(19)20)8-3-1-2-6-13-7-4-11-21-13/h4,7,11H,1-3,5-6,8-10,12H2,(H,17,18)(H,19,20). The smallest absolute Gasteiger partial charge is 0.305 e. The summed E-state index contributed by atoms with van der Waals surface area (Å²) in [4.78, 5) is 24.2. The van der Waals surface area contributed by atoms with Crippen molar-refractivity contribution < 1.29 is 14.7 Å². The number of carboxylic acids is 1. The van der Waals surface area contributed by atoms with E-state index in [9.17, 15) is 9.59 Å². The molecule has 2 N–H and O–H groups in total. The van der Waals surface area contributed by atoms with Gasteiger partial charge in [0.15, 0.2) is 0 Å². The number of aliphatic carboxylic acids is 1. The number of unbranched alkanes of at least 4 members (excludes halogenated alkanes) is 2. The highest BCUT2D eigenvalue weighted by Crippen LogP contribution is 2.35. The van der Waals surface area contributed by atoms with Crippen LogP contribution in [0.25, 0.3) is 0 Å². The largest absolute Gasteiger partial charge is 0.481 e. The van der Waals surface area contributed by atoms with Gasteiger partial charge < -0.3 is 10.4 Å². The van der Waals surface area contributed by atoms with Crippen LogP contribution in [0.3, 0.4) is 0 Å². The third-order valence-electron chi connectivity index (χ3n) is 4.11. The van der Waals surface area contributed by atoms with Crippen molar-refractivity contribution in [3.63, 3.8) is 0 Å². The summed E-state index contributed by atoms with van der Waals surface area (Å²) in [6.07, 6.45) is 7.26. The molecule has 1 aromatic rings. The summed E-state index contributed by atoms with van der Waals surface area (Å²) >= 11 is 1.78. The zero-order valence-electron chi connectivity index (χ0n) is 12.3. The van der Waals surface area contributed by atoms with Crippen molar-refractivity contribution in [2.24, 2.45) is 0 Å². The summed E-state index contributed by atoms with van der Waals surface area (Å²) in [5, 5.41) is 13.9. The molecule has 1 aliphatic carbocycles. The van der Waals surface area contributed by atoms with Gasteiger partial charge >= 0.3 is 5.97 Å². The number of rotatable bonds is 9. The molecular weight excluding hydrogens is 286 g/mol. The zero-order valence-corrected chi connectivity index (χ0v) is 13.1. The lowest BCUT2D eigenvalue weighted by Crippen LogP contribution is -2.54. The second-order valence-corrected chi connectivity index (χ2v) is 6.92. The van der Waals surface area contributed by atoms with Gasteiger partial charge in [0.2, 0.25) is 5.91 Å². The van der Waals surface area contributed by atoms with Crippen LogP contribution in [-0.4, -0.2) is 22.5 Å². The summed E-state index contributed by atoms with van der Waals surface area (Å²) in [5.74, 6) is -0.821. The van der Waals surface area contributed by atoms with Crippen LogP contribution in [-0.2, 0) is 16.0 Å². The summed E-state index contributed by atoms with van der Waals surface area (Å²) < 4.78 is 0. The number of aryl methyl sites for hydroxylation is 1. The second kappa shape index (κ2) is 7.59. The molecule has 1 saturated carbocycles. The van der Waals surface area contributed by atoms with Crippen molar-refractivity contribution in [1.82, 2.24) is 5.32 Å². The fourth-order valence-corrected chi connectivity index (χ4v) is 3.56. The van der Waals surface area contributed by atoms with E-state index in [1.807, 2.05) is 0 Å². The van der Waals surface area contributed by atoms with E-state index >= 15 is 0 Å². The lowest BCUT2D eigenvalue weighted by atomic mass is 9.74. The van der Waals surface area contributed by atoms with Crippen molar-refractivity contribution in [3.05, 3.63) is 22.4 Å². The number of carboxylic acid groups (broad SMARTS) is 1. The van der Waals surface area contributed by atoms with Gasteiger partial charge in [-0.3, -0.25) is 9.59 Å². The first-order valence-electron chi connectivity index (χ1n) is 7.65. The molecule has 116 valence electrons. The van der Waals surface area contributed by atoms with Gasteiger partial charge in [0, 0.05) is 11.3 Å². The quantitative estimate of drug-likeness (QED) is 0.687. The molecule has 1 amide bonds. The average Bonchev–Trinajstić information content (AvgIpc) is 2.88. The SMILES string of the molecule is O=C(O)CC1(NC(=O)CCCCCc2cccs2)CCC1. The van der Waals surface area contributed by atoms with Crippen LogP contribution in [0.4, 0.5) is 0 Å². The molecule has 0 radical (unpaired) electrons. The molecule has 0 saturated heterocycles. The number of hydrogen-bond donors (Lipinski definition) is 2. The second-order valence-electron chi connectivity index (χ2n) is 5.89. The Kier molecular flexibility index (Phi) is 5.79. The third-order valence-corrected chi connectivity index (χ3v) is 5.05. The summed E-state index contributed by atoms with van der Waals surface area (Å²) in [6.45, 7) is 0. The molecule has 1 heterocycles. The van der Waals surface area contributed by atoms with Gasteiger partial charge in [-0.15, -0.1) is 11.3 Å². The minimum absolute atomic E-state index is 0.00655. The Morgan fingerprint density at radius 3 is 2.67 bits per heavy atom. The lowest BCUT2D eigenvalue weighted by molar-refractivity contribution is -0.140. The van der Waals surface area contributed by atoms with Gasteiger partial charge in [0.25, 0.3) is 0 Å². The maximum Gasteiger partial charge on any atom is 0.305 e. The van der Waals surface area contributed by atoms with Crippen molar-refractivity contribution in [3.8, 4) is 0 Å². The van der Waals surface area contributed by atoms with E-state index in [2.05, 4.69) is 22.8 Å². The van der Waals surface area contributed by atoms with Crippen LogP contribution in [0.1, 0.15) is 56.2 Å². The molecule has 0 spiro atoms. The minimum Gasteiger partial charge on any atom is -0.481 e. The van der Waals surface area contributed by atoms with E-state index in [0.29, 0.717) is 6.42 Å². The van der Waals surface area contributed by atoms with Crippen LogP contribution in [0.15, 0.2) is 17.5 Å². The van der Waals surface area contributed by atoms with E-state index < -0.39 is 11.5 Å². The Balaban J connectivity index is 1.59. The predicted octanol–water partition coefficient (Wildman–Crippen LogP) is 3.36. The molecule has 4 nitrogen and oxygen atoms in total. The Labute approximate surface area is 129 Å². The molecule has 0 aliphatic heterocycles. The Morgan fingerprint density at radius 1 is 1.29 bits per heavy atom. The number of amides is 1. The molecule has 0 unspecified atom stereocenters. The first kappa shape index (κ1) is 16.0. The van der Waals surface area contributed by atoms with Gasteiger partial charge in [-0.05, 0) is 50.0 Å². The Hall–Kier alpha value is -1.36. The molecular formula is C16H23NO3S. The molecule has 1 aliphatic rings. The van der Waals surface area contributed by atoms with Crippen LogP contribution >= 0.6 is 11.3 Å². The maximum absolute atomic E-state index is 11.9. The van der Waals surface area contributed by atoms with Crippen molar-refractivity contribution in [1.29, 1.82) is 0 Å². The van der Waals surface area contributed by atoms with E-state index in [1.54, 1.807) is 11.3 Å². The summed E-state index contributed by atoms with van der Waals surface area (Å²) in [5.41, 5.74) is -0.458. The Bertz CT molecular complexity index is 466. The van der Waals surface area contributed by atoms with Gasteiger partial charge in [-0.2, -0.15) is 0 Å². The number of carbonyl (C=O) groups is 2. The van der Waals surface area contributed by atoms with Crippen LogP contribution in [0, 0.1) is 0 Å². The molecule has 1 aromatic heterocycles. The highest BCUT2D eigenvalue weighted by atomic mass is 32.1. The van der Waals surface area contributed by atoms with Crippen molar-refractivity contribution >= 4 is 23.2 Å². The number of carbonyl (C=O) groups excluding carboxylic acids is 1. The average molecular weight is 309 g/mol. The molecule has 21 heavy (non-hydrogen) atoms. The first-order valence-corrected chi connectivity index (χ1v) is 8.53. The van der Waals surface area contributed by atoms with Gasteiger partial charge in [0.1, 0.15) is 0 Å². The predicted molar refractivity (Wildman–Crippen MR) is 83.5 cm³/mol. The third kappa shape index (κ3) is 5.16. The highest BCUT2D eigenvalue weighted by molar-refractivity contribution is 7.09. The zero-order chi connectivity index (χ0) is 15.1. The molecule has 0 atom stereocenters. The minimum atomic E-state index is -0.828. The summed E-state index contributed by atoms with van der Waals surface area (Å²) in [7, 11) is 0. The molecule has 0 aromatic carbocycles. The summed E-state index contributed by atoms with van der Waals surface area (Å²) in [6, 6.07) is 4.21. The molecule has 2 rings (SSSR count). The van der Waals surface area contributed by atoms with Crippen LogP contribution < -0.4 is 5.32 Å². The highest BCUT2D eigenvalue weighted by Gasteiger charge is 2.40. The normalized spacial score (nSPS) is 16.2. The lowest BCUT2D eigenvalue weighted by Gasteiger charge is -2.41. The number of nitrogens with one attached hydrogen (secondary N) is 1. The monoisotopic (exact) mass is 309 g/mol. The first-order chi connectivity index (χ1) is 10.1. The van der Waals surface area contributed by atoms with Crippen molar-refractivity contribution in [2.75, 3.05) is 0 Å². The van der Waals surface area contributed by atoms with E-state index in [4.69, 9.17) is 5.11 Å². The van der Waals surface area contributed by atoms with Gasteiger partial charge in [0.05, 0.1) is 12.0 Å². The molecule has 5 heteroatoms. The van der Waals surface area contributed by atoms with Gasteiger partial charge in [-0.25, -0.2) is 0 Å². The number of thiophene rings is 1. The molecule has 1 fully saturated rings. The topological polar surface area (TPSA) is 66.4 Å². The maximum atomic E-state index is 11.9. The molecule has 0 bridgehead atoms. The van der Waals surface area contributed by atoms with Gasteiger partial charge in [-0.1, -0.05) is 12.5 Å². The number of hydrogen-bond acceptors (Lipinski definition) is 3. The van der Waals surface area contributed by atoms with Crippen LogP contribution in [0.5, 0.6) is 0 Å². The van der Waals surface area contributed by atoms with Crippen molar-refractivity contribution in [2.45, 2.75) is 63.3 Å². The fourth-order valence-electron chi connectivity index (χ4n) is 2.81. The van der Waals surface area contributed by atoms with E-state index in [-0.39, 0.29) is 12.3 Å². The van der Waals surface area contributed by atoms with Crippen LogP contribution in [0.2, 0.25) is 0 Å². The van der Waals surface area contributed by atoms with E-state index in [0.717, 1.165) is 44.9 Å².